The first kappa shape index (κ1) is 13.4. The van der Waals surface area contributed by atoms with E-state index >= 15 is 0 Å². The van der Waals surface area contributed by atoms with Crippen molar-refractivity contribution in [3.05, 3.63) is 47.2 Å². The fourth-order valence-corrected chi connectivity index (χ4v) is 1.90. The van der Waals surface area contributed by atoms with Crippen molar-refractivity contribution in [3.63, 3.8) is 0 Å². The minimum Gasteiger partial charge on any atom is -0.424 e. The van der Waals surface area contributed by atoms with Gasteiger partial charge in [0.15, 0.2) is 0 Å². The summed E-state index contributed by atoms with van der Waals surface area (Å²) in [5, 5.41) is 0. The summed E-state index contributed by atoms with van der Waals surface area (Å²) >= 11 is 3.07. The van der Waals surface area contributed by atoms with Gasteiger partial charge in [-0.15, -0.1) is 0 Å². The molecule has 21 heavy (non-hydrogen) atoms. The van der Waals surface area contributed by atoms with Crippen LogP contribution in [-0.2, 0) is 0 Å². The highest BCUT2D eigenvalue weighted by Gasteiger charge is 2.09. The van der Waals surface area contributed by atoms with E-state index in [2.05, 4.69) is 35.9 Å². The van der Waals surface area contributed by atoms with Crippen LogP contribution in [0.25, 0.3) is 5.95 Å². The van der Waals surface area contributed by atoms with Gasteiger partial charge in [0.2, 0.25) is 11.9 Å². The number of imidazole rings is 1. The summed E-state index contributed by atoms with van der Waals surface area (Å²) < 4.78 is 20.5. The van der Waals surface area contributed by atoms with Gasteiger partial charge in [0.1, 0.15) is 17.9 Å². The Morgan fingerprint density at radius 2 is 2.10 bits per heavy atom. The van der Waals surface area contributed by atoms with Crippen molar-refractivity contribution in [2.75, 3.05) is 5.73 Å². The molecule has 7 nitrogen and oxygen atoms in total. The molecule has 0 aliphatic rings. The SMILES string of the molecule is Nc1nc(Oc2ccc(F)c(Br)c2)nc(-n2ccnc2)n1. The topological polar surface area (TPSA) is 91.7 Å². The Morgan fingerprint density at radius 3 is 2.81 bits per heavy atom. The van der Waals surface area contributed by atoms with Gasteiger partial charge in [-0.1, -0.05) is 0 Å². The Hall–Kier alpha value is -2.55. The normalized spacial score (nSPS) is 10.6. The maximum atomic E-state index is 13.2. The lowest BCUT2D eigenvalue weighted by molar-refractivity contribution is 0.437. The number of anilines is 1. The number of aromatic nitrogens is 5. The monoisotopic (exact) mass is 350 g/mol. The van der Waals surface area contributed by atoms with Crippen LogP contribution in [0.15, 0.2) is 41.4 Å². The van der Waals surface area contributed by atoms with Gasteiger partial charge in [0.25, 0.3) is 0 Å². The zero-order valence-electron chi connectivity index (χ0n) is 10.4. The molecule has 0 unspecified atom stereocenters. The number of halogens is 2. The summed E-state index contributed by atoms with van der Waals surface area (Å²) in [7, 11) is 0. The average Bonchev–Trinajstić information content (AvgIpc) is 2.96. The van der Waals surface area contributed by atoms with Crippen LogP contribution in [0, 0.1) is 5.82 Å². The van der Waals surface area contributed by atoms with E-state index in [1.54, 1.807) is 17.0 Å². The van der Waals surface area contributed by atoms with Crippen LogP contribution in [-0.4, -0.2) is 24.5 Å². The Kier molecular flexibility index (Phi) is 3.48. The second kappa shape index (κ2) is 5.44. The maximum Gasteiger partial charge on any atom is 0.328 e. The lowest BCUT2D eigenvalue weighted by Crippen LogP contribution is -2.06. The van der Waals surface area contributed by atoms with Crippen LogP contribution >= 0.6 is 15.9 Å². The molecule has 0 amide bonds. The molecule has 0 atom stereocenters. The summed E-state index contributed by atoms with van der Waals surface area (Å²) in [6.07, 6.45) is 4.76. The zero-order valence-corrected chi connectivity index (χ0v) is 12.0. The first-order valence-corrected chi connectivity index (χ1v) is 6.54. The Balaban J connectivity index is 1.93. The largest absolute Gasteiger partial charge is 0.424 e. The van der Waals surface area contributed by atoms with Gasteiger partial charge in [-0.2, -0.15) is 15.0 Å². The molecule has 2 N–H and O–H groups in total. The van der Waals surface area contributed by atoms with E-state index in [1.165, 1.54) is 24.5 Å². The van der Waals surface area contributed by atoms with E-state index in [0.29, 0.717) is 5.75 Å². The van der Waals surface area contributed by atoms with E-state index in [0.717, 1.165) is 0 Å². The van der Waals surface area contributed by atoms with Gasteiger partial charge < -0.3 is 10.5 Å². The predicted octanol–water partition coefficient (Wildman–Crippen LogP) is 2.33. The van der Waals surface area contributed by atoms with Crippen LogP contribution < -0.4 is 10.5 Å². The molecule has 0 bridgehead atoms. The minimum absolute atomic E-state index is 0.00436. The molecule has 0 aliphatic carbocycles. The van der Waals surface area contributed by atoms with Crippen molar-refractivity contribution in [1.82, 2.24) is 24.5 Å². The molecule has 1 aromatic carbocycles. The molecule has 3 rings (SSSR count). The molecule has 2 aromatic heterocycles. The van der Waals surface area contributed by atoms with E-state index in [4.69, 9.17) is 10.5 Å². The number of nitrogens with zero attached hydrogens (tertiary/aromatic N) is 5. The third kappa shape index (κ3) is 2.97. The molecule has 3 aromatic rings. The number of hydrogen-bond acceptors (Lipinski definition) is 6. The molecule has 0 saturated heterocycles. The van der Waals surface area contributed by atoms with E-state index < -0.39 is 5.82 Å². The van der Waals surface area contributed by atoms with Crippen LogP contribution in [0.1, 0.15) is 0 Å². The Morgan fingerprint density at radius 1 is 1.24 bits per heavy atom. The van der Waals surface area contributed by atoms with Crippen molar-refractivity contribution in [2.45, 2.75) is 0 Å². The Bertz CT molecular complexity index is 779. The number of hydrogen-bond donors (Lipinski definition) is 1. The lowest BCUT2D eigenvalue weighted by atomic mass is 10.3. The first-order chi connectivity index (χ1) is 10.1. The third-order valence-electron chi connectivity index (χ3n) is 2.46. The van der Waals surface area contributed by atoms with Crippen molar-refractivity contribution in [2.24, 2.45) is 0 Å². The fourth-order valence-electron chi connectivity index (χ4n) is 1.55. The second-order valence-corrected chi connectivity index (χ2v) is 4.78. The van der Waals surface area contributed by atoms with Crippen LogP contribution in [0.2, 0.25) is 0 Å². The first-order valence-electron chi connectivity index (χ1n) is 5.74. The predicted molar refractivity (Wildman–Crippen MR) is 75.5 cm³/mol. The van der Waals surface area contributed by atoms with E-state index in [-0.39, 0.29) is 22.4 Å². The molecule has 9 heteroatoms. The van der Waals surface area contributed by atoms with Crippen molar-refractivity contribution < 1.29 is 9.13 Å². The highest BCUT2D eigenvalue weighted by atomic mass is 79.9. The van der Waals surface area contributed by atoms with E-state index in [1.807, 2.05) is 0 Å². The van der Waals surface area contributed by atoms with Crippen LogP contribution in [0.4, 0.5) is 10.3 Å². The van der Waals surface area contributed by atoms with Crippen molar-refractivity contribution in [1.29, 1.82) is 0 Å². The molecule has 0 spiro atoms. The van der Waals surface area contributed by atoms with Crippen LogP contribution in [0.3, 0.4) is 0 Å². The molecule has 2 heterocycles. The summed E-state index contributed by atoms with van der Waals surface area (Å²) in [4.78, 5) is 15.9. The minimum atomic E-state index is -0.392. The van der Waals surface area contributed by atoms with Gasteiger partial charge in [-0.05, 0) is 34.1 Å². The van der Waals surface area contributed by atoms with E-state index in [9.17, 15) is 4.39 Å². The molecule has 0 fully saturated rings. The summed E-state index contributed by atoms with van der Waals surface area (Å²) in [6.45, 7) is 0. The van der Waals surface area contributed by atoms with Gasteiger partial charge in [-0.25, -0.2) is 9.37 Å². The number of benzene rings is 1. The van der Waals surface area contributed by atoms with Crippen LogP contribution in [0.5, 0.6) is 11.8 Å². The molecule has 0 radical (unpaired) electrons. The zero-order chi connectivity index (χ0) is 14.8. The van der Waals surface area contributed by atoms with Crippen molar-refractivity contribution in [3.8, 4) is 17.7 Å². The average molecular weight is 351 g/mol. The molecular formula is C12H8BrFN6O. The molecular weight excluding hydrogens is 343 g/mol. The third-order valence-corrected chi connectivity index (χ3v) is 3.06. The standard InChI is InChI=1S/C12H8BrFN6O/c13-8-5-7(1-2-9(8)14)21-12-18-10(15)17-11(19-12)20-4-3-16-6-20/h1-6H,(H2,15,17,18,19). The van der Waals surface area contributed by atoms with Gasteiger partial charge in [0, 0.05) is 12.4 Å². The highest BCUT2D eigenvalue weighted by Crippen LogP contribution is 2.25. The molecule has 0 saturated carbocycles. The fraction of sp³-hybridized carbons (Fsp3) is 0. The smallest absolute Gasteiger partial charge is 0.328 e. The highest BCUT2D eigenvalue weighted by molar-refractivity contribution is 9.10. The number of nitrogen functional groups attached to an aromatic ring is 1. The van der Waals surface area contributed by atoms with Gasteiger partial charge in [0.05, 0.1) is 4.47 Å². The Labute approximate surface area is 126 Å². The molecule has 0 aliphatic heterocycles. The number of nitrogens with two attached hydrogens (primary N) is 1. The second-order valence-electron chi connectivity index (χ2n) is 3.92. The van der Waals surface area contributed by atoms with Gasteiger partial charge in [-0.3, -0.25) is 4.57 Å². The summed E-state index contributed by atoms with van der Waals surface area (Å²) in [6, 6.07) is 4.19. The quantitative estimate of drug-likeness (QED) is 0.779. The molecule has 106 valence electrons. The number of rotatable bonds is 3. The summed E-state index contributed by atoms with van der Waals surface area (Å²) in [5.74, 6) is 0.253. The summed E-state index contributed by atoms with van der Waals surface area (Å²) in [5.41, 5.74) is 5.63. The van der Waals surface area contributed by atoms with Crippen molar-refractivity contribution >= 4 is 21.9 Å². The lowest BCUT2D eigenvalue weighted by Gasteiger charge is -2.07. The van der Waals surface area contributed by atoms with Gasteiger partial charge >= 0.3 is 6.01 Å². The maximum absolute atomic E-state index is 13.2. The number of ether oxygens (including phenoxy) is 1.